The molecule has 9 heteroatoms. The first-order valence-electron chi connectivity index (χ1n) is 12.2. The second-order valence-electron chi connectivity index (χ2n) is 9.32. The molecule has 0 aromatic heterocycles. The molecule has 194 valence electrons. The lowest BCUT2D eigenvalue weighted by atomic mass is 9.78. The van der Waals surface area contributed by atoms with Gasteiger partial charge in [-0.2, -0.15) is 0 Å². The molecule has 37 heavy (non-hydrogen) atoms. The SMILES string of the molecule is CN1CCN(C(=O)CC2=C(C(=O)O)C(c3ccccc3Cl)C(C(=O)O)=C(CCc3ccccc3)N2)CC1. The van der Waals surface area contributed by atoms with Gasteiger partial charge in [0.15, 0.2) is 0 Å². The molecule has 0 saturated carbocycles. The summed E-state index contributed by atoms with van der Waals surface area (Å²) in [6.07, 6.45) is 0.691. The van der Waals surface area contributed by atoms with Crippen LogP contribution >= 0.6 is 11.6 Å². The van der Waals surface area contributed by atoms with E-state index >= 15 is 0 Å². The summed E-state index contributed by atoms with van der Waals surface area (Å²) >= 11 is 6.48. The molecule has 0 radical (unpaired) electrons. The van der Waals surface area contributed by atoms with Gasteiger partial charge in [-0.15, -0.1) is 0 Å². The normalized spacial score (nSPS) is 18.5. The van der Waals surface area contributed by atoms with Gasteiger partial charge in [0.05, 0.1) is 23.5 Å². The number of nitrogens with one attached hydrogen (secondary N) is 1. The zero-order valence-corrected chi connectivity index (χ0v) is 21.4. The Balaban J connectivity index is 1.77. The van der Waals surface area contributed by atoms with Gasteiger partial charge in [0.25, 0.3) is 0 Å². The van der Waals surface area contributed by atoms with Crippen LogP contribution in [0.2, 0.25) is 5.02 Å². The lowest BCUT2D eigenvalue weighted by Crippen LogP contribution is -2.47. The first-order chi connectivity index (χ1) is 17.8. The molecular weight excluding hydrogens is 494 g/mol. The highest BCUT2D eigenvalue weighted by molar-refractivity contribution is 6.31. The number of carbonyl (C=O) groups excluding carboxylic acids is 1. The Morgan fingerprint density at radius 3 is 2.08 bits per heavy atom. The van der Waals surface area contributed by atoms with E-state index in [0.29, 0.717) is 37.2 Å². The fourth-order valence-corrected chi connectivity index (χ4v) is 5.15. The standard InChI is InChI=1S/C28H30ClN3O5/c1-31-13-15-32(16-14-31)23(33)17-22-26(28(36)37)24(19-9-5-6-10-20(19)29)25(27(34)35)21(30-22)12-11-18-7-3-2-4-8-18/h2-10,24,30H,11-17H2,1H3,(H,34,35)(H,36,37). The van der Waals surface area contributed by atoms with Crippen LogP contribution in [0.1, 0.15) is 29.9 Å². The molecule has 0 aliphatic carbocycles. The van der Waals surface area contributed by atoms with Crippen molar-refractivity contribution < 1.29 is 24.6 Å². The quantitative estimate of drug-likeness (QED) is 0.485. The van der Waals surface area contributed by atoms with Crippen molar-refractivity contribution in [3.8, 4) is 0 Å². The molecule has 1 amide bonds. The molecule has 0 spiro atoms. The number of likely N-dealkylation sites (N-methyl/N-ethyl adjacent to an activating group) is 1. The summed E-state index contributed by atoms with van der Waals surface area (Å²) in [6, 6.07) is 16.3. The average Bonchev–Trinajstić information content (AvgIpc) is 2.88. The van der Waals surface area contributed by atoms with Gasteiger partial charge >= 0.3 is 11.9 Å². The number of carboxylic acids is 2. The first-order valence-corrected chi connectivity index (χ1v) is 12.6. The van der Waals surface area contributed by atoms with E-state index in [4.69, 9.17) is 11.6 Å². The van der Waals surface area contributed by atoms with Crippen LogP contribution < -0.4 is 5.32 Å². The van der Waals surface area contributed by atoms with Crippen LogP contribution in [-0.2, 0) is 20.8 Å². The number of aliphatic carboxylic acids is 2. The highest BCUT2D eigenvalue weighted by Gasteiger charge is 2.40. The smallest absolute Gasteiger partial charge is 0.334 e. The Hall–Kier alpha value is -3.62. The second-order valence-corrected chi connectivity index (χ2v) is 9.73. The van der Waals surface area contributed by atoms with Crippen molar-refractivity contribution in [2.45, 2.75) is 25.2 Å². The van der Waals surface area contributed by atoms with Gasteiger partial charge in [0, 0.05) is 42.6 Å². The average molecular weight is 524 g/mol. The summed E-state index contributed by atoms with van der Waals surface area (Å²) in [6.45, 7) is 2.57. The number of piperazine rings is 1. The molecule has 2 aliphatic heterocycles. The molecule has 2 aromatic carbocycles. The lowest BCUT2D eigenvalue weighted by molar-refractivity contribution is -0.133. The number of hydrogen-bond acceptors (Lipinski definition) is 5. The van der Waals surface area contributed by atoms with Crippen molar-refractivity contribution in [2.75, 3.05) is 33.2 Å². The summed E-state index contributed by atoms with van der Waals surface area (Å²) in [5.41, 5.74) is 1.73. The maximum Gasteiger partial charge on any atom is 0.334 e. The number of amides is 1. The summed E-state index contributed by atoms with van der Waals surface area (Å²) in [7, 11) is 1.99. The molecule has 2 aliphatic rings. The first kappa shape index (κ1) is 26.4. The number of rotatable bonds is 8. The number of hydrogen-bond donors (Lipinski definition) is 3. The molecule has 1 atom stereocenters. The molecule has 1 saturated heterocycles. The third kappa shape index (κ3) is 6.03. The Labute approximate surface area is 220 Å². The van der Waals surface area contributed by atoms with E-state index < -0.39 is 17.9 Å². The minimum atomic E-state index is -1.29. The van der Waals surface area contributed by atoms with Crippen molar-refractivity contribution in [2.24, 2.45) is 0 Å². The molecule has 1 fully saturated rings. The second kappa shape index (κ2) is 11.6. The number of dihydropyridines is 1. The summed E-state index contributed by atoms with van der Waals surface area (Å²) < 4.78 is 0. The molecule has 3 N–H and O–H groups in total. The van der Waals surface area contributed by atoms with Gasteiger partial charge in [0.2, 0.25) is 5.91 Å². The number of carbonyl (C=O) groups is 3. The van der Waals surface area contributed by atoms with Crippen molar-refractivity contribution >= 4 is 29.4 Å². The summed E-state index contributed by atoms with van der Waals surface area (Å²) in [5, 5.41) is 23.9. The van der Waals surface area contributed by atoms with Crippen LogP contribution in [-0.4, -0.2) is 71.1 Å². The van der Waals surface area contributed by atoms with E-state index in [0.717, 1.165) is 18.7 Å². The van der Waals surface area contributed by atoms with Gasteiger partial charge in [-0.25, -0.2) is 9.59 Å². The summed E-state index contributed by atoms with van der Waals surface area (Å²) in [5.74, 6) is -3.86. The maximum atomic E-state index is 13.2. The molecule has 2 heterocycles. The summed E-state index contributed by atoms with van der Waals surface area (Å²) in [4.78, 5) is 42.3. The Kier molecular flexibility index (Phi) is 8.31. The van der Waals surface area contributed by atoms with Gasteiger partial charge in [0.1, 0.15) is 0 Å². The van der Waals surface area contributed by atoms with Crippen LogP contribution in [0.3, 0.4) is 0 Å². The molecule has 8 nitrogen and oxygen atoms in total. The van der Waals surface area contributed by atoms with Crippen molar-refractivity contribution in [1.82, 2.24) is 15.1 Å². The van der Waals surface area contributed by atoms with Crippen molar-refractivity contribution in [3.63, 3.8) is 0 Å². The molecule has 0 bridgehead atoms. The number of allylic oxidation sites excluding steroid dienone is 1. The zero-order chi connectivity index (χ0) is 26.5. The number of benzene rings is 2. The number of aryl methyl sites for hydroxylation is 1. The number of nitrogens with zero attached hydrogens (tertiary/aromatic N) is 2. The zero-order valence-electron chi connectivity index (χ0n) is 20.6. The fourth-order valence-electron chi connectivity index (χ4n) is 4.90. The Bertz CT molecular complexity index is 1250. The van der Waals surface area contributed by atoms with E-state index in [2.05, 4.69) is 10.2 Å². The third-order valence-electron chi connectivity index (χ3n) is 6.90. The van der Waals surface area contributed by atoms with Gasteiger partial charge in [-0.05, 0) is 37.1 Å². The molecular formula is C28H30ClN3O5. The van der Waals surface area contributed by atoms with Crippen LogP contribution in [0.25, 0.3) is 0 Å². The van der Waals surface area contributed by atoms with E-state index in [1.165, 1.54) is 0 Å². The van der Waals surface area contributed by atoms with E-state index in [-0.39, 0.29) is 34.2 Å². The molecule has 2 aromatic rings. The van der Waals surface area contributed by atoms with Crippen LogP contribution in [0.4, 0.5) is 0 Å². The van der Waals surface area contributed by atoms with Crippen LogP contribution in [0.5, 0.6) is 0 Å². The van der Waals surface area contributed by atoms with E-state index in [9.17, 15) is 24.6 Å². The number of halogens is 1. The molecule has 1 unspecified atom stereocenters. The van der Waals surface area contributed by atoms with E-state index in [1.807, 2.05) is 37.4 Å². The van der Waals surface area contributed by atoms with Gasteiger partial charge in [-0.1, -0.05) is 60.1 Å². The monoisotopic (exact) mass is 523 g/mol. The lowest BCUT2D eigenvalue weighted by Gasteiger charge is -2.35. The van der Waals surface area contributed by atoms with Crippen molar-refractivity contribution in [3.05, 3.63) is 93.3 Å². The van der Waals surface area contributed by atoms with Crippen molar-refractivity contribution in [1.29, 1.82) is 0 Å². The Morgan fingerprint density at radius 2 is 1.46 bits per heavy atom. The maximum absolute atomic E-state index is 13.2. The van der Waals surface area contributed by atoms with E-state index in [1.54, 1.807) is 29.2 Å². The highest BCUT2D eigenvalue weighted by atomic mass is 35.5. The minimum absolute atomic E-state index is 0.0720. The third-order valence-corrected chi connectivity index (χ3v) is 7.24. The predicted octanol–water partition coefficient (Wildman–Crippen LogP) is 3.50. The van der Waals surface area contributed by atoms with Crippen LogP contribution in [0, 0.1) is 0 Å². The number of carboxylic acid groups (broad SMARTS) is 2. The predicted molar refractivity (Wildman–Crippen MR) is 140 cm³/mol. The highest BCUT2D eigenvalue weighted by Crippen LogP contribution is 2.42. The van der Waals surface area contributed by atoms with Gasteiger partial charge < -0.3 is 25.3 Å². The molecule has 4 rings (SSSR count). The van der Waals surface area contributed by atoms with Gasteiger partial charge in [-0.3, -0.25) is 4.79 Å². The fraction of sp³-hybridized carbons (Fsp3) is 0.321. The topological polar surface area (TPSA) is 110 Å². The Morgan fingerprint density at radius 1 is 0.865 bits per heavy atom. The van der Waals surface area contributed by atoms with Crippen LogP contribution in [0.15, 0.2) is 77.1 Å². The minimum Gasteiger partial charge on any atom is -0.478 e. The largest absolute Gasteiger partial charge is 0.478 e.